The Morgan fingerprint density at radius 2 is 0.921 bits per heavy atom. The molecule has 1 saturated heterocycles. The largest absolute Gasteiger partial charge is 0.420 e. The maximum Gasteiger partial charge on any atom is 0.326 e. The van der Waals surface area contributed by atoms with Gasteiger partial charge in [0.15, 0.2) is 5.76 Å². The van der Waals surface area contributed by atoms with Crippen LogP contribution in [0.15, 0.2) is 29.7 Å². The van der Waals surface area contributed by atoms with Crippen molar-refractivity contribution in [2.24, 2.45) is 5.92 Å². The van der Waals surface area contributed by atoms with E-state index in [-0.39, 0.29) is 11.9 Å². The number of carbonyl (C=O) groups excluding carboxylic acids is 1. The minimum atomic E-state index is -0.185. The van der Waals surface area contributed by atoms with Crippen molar-refractivity contribution in [3.63, 3.8) is 0 Å². The molecule has 0 aromatic carbocycles. The van der Waals surface area contributed by atoms with E-state index in [0.29, 0.717) is 0 Å². The average molecular weight is 529 g/mol. The van der Waals surface area contributed by atoms with Crippen molar-refractivity contribution in [3.05, 3.63) is 29.7 Å². The highest BCUT2D eigenvalue weighted by Gasteiger charge is 2.35. The van der Waals surface area contributed by atoms with Gasteiger partial charge in [-0.2, -0.15) is 0 Å². The topological polar surface area (TPSA) is 26.3 Å². The Morgan fingerprint density at radius 1 is 0.553 bits per heavy atom. The number of ether oxygens (including phenoxy) is 1. The maximum atomic E-state index is 11.8. The smallest absolute Gasteiger partial charge is 0.326 e. The summed E-state index contributed by atoms with van der Waals surface area (Å²) in [4.78, 5) is 11.8. The Bertz CT molecular complexity index is 625. The second-order valence-corrected chi connectivity index (χ2v) is 11.7. The normalized spacial score (nSPS) is 15.1. The van der Waals surface area contributed by atoms with Crippen molar-refractivity contribution in [1.82, 2.24) is 0 Å². The quantitative estimate of drug-likeness (QED) is 0.0437. The molecule has 38 heavy (non-hydrogen) atoms. The summed E-state index contributed by atoms with van der Waals surface area (Å²) in [7, 11) is 0. The number of hydrogen-bond donors (Lipinski definition) is 0. The lowest BCUT2D eigenvalue weighted by Crippen LogP contribution is -2.30. The fraction of sp³-hybridized carbons (Fsp3) is 0.833. The molecule has 0 aromatic heterocycles. The number of carbonyl (C=O) groups is 1. The average Bonchev–Trinajstić information content (AvgIpc) is 2.92. The van der Waals surface area contributed by atoms with Gasteiger partial charge in [0.05, 0.1) is 0 Å². The summed E-state index contributed by atoms with van der Waals surface area (Å²) in [6, 6.07) is 0. The van der Waals surface area contributed by atoms with E-state index in [9.17, 15) is 4.79 Å². The molecule has 1 unspecified atom stereocenters. The van der Waals surface area contributed by atoms with Crippen LogP contribution in [0.5, 0.6) is 0 Å². The van der Waals surface area contributed by atoms with Gasteiger partial charge in [-0.1, -0.05) is 179 Å². The predicted octanol–water partition coefficient (Wildman–Crippen LogP) is 12.3. The van der Waals surface area contributed by atoms with Crippen LogP contribution < -0.4 is 0 Å². The fourth-order valence-electron chi connectivity index (χ4n) is 5.34. The molecule has 1 rings (SSSR count). The zero-order valence-corrected chi connectivity index (χ0v) is 25.7. The van der Waals surface area contributed by atoms with Gasteiger partial charge in [0.2, 0.25) is 0 Å². The third-order valence-electron chi connectivity index (χ3n) is 8.00. The van der Waals surface area contributed by atoms with Crippen LogP contribution in [0, 0.1) is 5.92 Å². The molecule has 2 nitrogen and oxygen atoms in total. The molecule has 1 fully saturated rings. The van der Waals surface area contributed by atoms with E-state index in [1.54, 1.807) is 0 Å². The molecule has 0 bridgehead atoms. The molecule has 1 aliphatic heterocycles. The van der Waals surface area contributed by atoms with Gasteiger partial charge >= 0.3 is 5.97 Å². The zero-order chi connectivity index (χ0) is 27.4. The minimum absolute atomic E-state index is 0.118. The molecular formula is C36H64O2. The second kappa shape index (κ2) is 27.3. The lowest BCUT2D eigenvalue weighted by atomic mass is 10.0. The van der Waals surface area contributed by atoms with E-state index in [0.717, 1.165) is 18.6 Å². The van der Waals surface area contributed by atoms with E-state index in [2.05, 4.69) is 31.7 Å². The Hall–Kier alpha value is -1.27. The Labute approximate surface area is 238 Å². The molecule has 0 radical (unpaired) electrons. The molecule has 0 N–H and O–H groups in total. The van der Waals surface area contributed by atoms with Gasteiger partial charge in [0.25, 0.3) is 0 Å². The number of rotatable bonds is 28. The summed E-state index contributed by atoms with van der Waals surface area (Å²) in [6.07, 6.45) is 42.9. The van der Waals surface area contributed by atoms with Crippen LogP contribution in [0.2, 0.25) is 0 Å². The summed E-state index contributed by atoms with van der Waals surface area (Å²) >= 11 is 0. The zero-order valence-electron chi connectivity index (χ0n) is 25.7. The van der Waals surface area contributed by atoms with Crippen molar-refractivity contribution in [2.75, 3.05) is 0 Å². The van der Waals surface area contributed by atoms with Crippen molar-refractivity contribution in [2.45, 2.75) is 187 Å². The molecule has 2 heteroatoms. The van der Waals surface area contributed by atoms with Crippen LogP contribution >= 0.6 is 0 Å². The summed E-state index contributed by atoms with van der Waals surface area (Å²) in [5, 5.41) is 0. The molecule has 1 atom stereocenters. The third kappa shape index (κ3) is 20.7. The van der Waals surface area contributed by atoms with Crippen LogP contribution in [-0.4, -0.2) is 5.97 Å². The summed E-state index contributed by atoms with van der Waals surface area (Å²) in [6.45, 7) is 4.57. The second-order valence-electron chi connectivity index (χ2n) is 11.7. The SMILES string of the molecule is CCCCCCCCCCCCCC/C=C/C1C(=O)OC1=C=CCCCCCCCCCCCCCCC. The number of unbranched alkanes of at least 4 members (excludes halogenated alkanes) is 25. The number of esters is 1. The van der Waals surface area contributed by atoms with Gasteiger partial charge in [-0.25, -0.2) is 0 Å². The summed E-state index contributed by atoms with van der Waals surface area (Å²) in [5.41, 5.74) is 3.24. The van der Waals surface area contributed by atoms with Crippen LogP contribution in [0.3, 0.4) is 0 Å². The van der Waals surface area contributed by atoms with Gasteiger partial charge in [-0.05, 0) is 31.8 Å². The molecule has 1 aliphatic rings. The van der Waals surface area contributed by atoms with Crippen LogP contribution in [0.4, 0.5) is 0 Å². The highest BCUT2D eigenvalue weighted by atomic mass is 16.6. The monoisotopic (exact) mass is 528 g/mol. The third-order valence-corrected chi connectivity index (χ3v) is 8.00. The predicted molar refractivity (Wildman–Crippen MR) is 166 cm³/mol. The first kappa shape index (κ1) is 34.8. The van der Waals surface area contributed by atoms with Crippen LogP contribution in [0.1, 0.15) is 187 Å². The standard InChI is InChI=1S/C36H64O2/c1-3-5-7-9-11-13-15-17-19-21-23-25-27-29-31-33-35-34(36(37)38-35)32-30-28-26-24-22-20-18-16-14-12-10-8-6-4-2/h30-32,34H,3-29H2,1-2H3/b32-30+. The highest BCUT2D eigenvalue weighted by molar-refractivity contribution is 5.84. The number of allylic oxidation sites excluding steroid dienone is 1. The van der Waals surface area contributed by atoms with Gasteiger partial charge in [0.1, 0.15) is 5.92 Å². The van der Waals surface area contributed by atoms with Crippen molar-refractivity contribution >= 4 is 5.97 Å². The van der Waals surface area contributed by atoms with E-state index >= 15 is 0 Å². The molecule has 1 heterocycles. The summed E-state index contributed by atoms with van der Waals surface area (Å²) in [5.74, 6) is 0.415. The molecular weight excluding hydrogens is 464 g/mol. The lowest BCUT2D eigenvalue weighted by molar-refractivity contribution is -0.153. The van der Waals surface area contributed by atoms with E-state index < -0.39 is 0 Å². The number of cyclic esters (lactones) is 1. The molecule has 0 aromatic rings. The number of hydrogen-bond acceptors (Lipinski definition) is 2. The van der Waals surface area contributed by atoms with E-state index in [4.69, 9.17) is 4.74 Å². The molecule has 0 spiro atoms. The molecule has 0 amide bonds. The first-order chi connectivity index (χ1) is 18.8. The van der Waals surface area contributed by atoms with Gasteiger partial charge < -0.3 is 4.74 Å². The lowest BCUT2D eigenvalue weighted by Gasteiger charge is -2.23. The molecule has 0 saturated carbocycles. The van der Waals surface area contributed by atoms with Crippen LogP contribution in [-0.2, 0) is 9.53 Å². The van der Waals surface area contributed by atoms with Crippen LogP contribution in [0.25, 0.3) is 0 Å². The van der Waals surface area contributed by atoms with Gasteiger partial charge in [-0.15, -0.1) is 0 Å². The first-order valence-corrected chi connectivity index (χ1v) is 17.1. The highest BCUT2D eigenvalue weighted by Crippen LogP contribution is 2.27. The van der Waals surface area contributed by atoms with Crippen molar-refractivity contribution in [3.8, 4) is 0 Å². The van der Waals surface area contributed by atoms with E-state index in [1.807, 2.05) is 6.08 Å². The van der Waals surface area contributed by atoms with Crippen molar-refractivity contribution in [1.29, 1.82) is 0 Å². The first-order valence-electron chi connectivity index (χ1n) is 17.1. The Kier molecular flexibility index (Phi) is 25.0. The molecule has 220 valence electrons. The van der Waals surface area contributed by atoms with Crippen molar-refractivity contribution < 1.29 is 9.53 Å². The Balaban J connectivity index is 1.94. The maximum absolute atomic E-state index is 11.8. The molecule has 0 aliphatic carbocycles. The fourth-order valence-corrected chi connectivity index (χ4v) is 5.34. The van der Waals surface area contributed by atoms with Gasteiger partial charge in [0, 0.05) is 0 Å². The van der Waals surface area contributed by atoms with Gasteiger partial charge in [-0.3, -0.25) is 4.79 Å². The van der Waals surface area contributed by atoms with E-state index in [1.165, 1.54) is 161 Å². The minimum Gasteiger partial charge on any atom is -0.420 e. The Morgan fingerprint density at radius 3 is 1.32 bits per heavy atom. The summed E-state index contributed by atoms with van der Waals surface area (Å²) < 4.78 is 5.22.